The molecule has 3 atom stereocenters. The van der Waals surface area contributed by atoms with Crippen LogP contribution in [0.15, 0.2) is 4.99 Å². The Hall–Kier alpha value is -3.56. The number of carbonyl (C=O) groups is 6. The summed E-state index contributed by atoms with van der Waals surface area (Å²) in [5, 5.41) is 11.7. The maximum absolute atomic E-state index is 12.5. The van der Waals surface area contributed by atoms with E-state index >= 15 is 0 Å². The van der Waals surface area contributed by atoms with Crippen molar-refractivity contribution >= 4 is 54.0 Å². The normalized spacial score (nSPS) is 22.9. The van der Waals surface area contributed by atoms with Crippen LogP contribution < -0.4 is 43.8 Å². The Morgan fingerprint density at radius 1 is 0.848 bits per heavy atom. The van der Waals surface area contributed by atoms with Gasteiger partial charge in [-0.05, 0) is 12.8 Å². The lowest BCUT2D eigenvalue weighted by Gasteiger charge is -2.21. The molecule has 0 unspecified atom stereocenters. The first-order valence-electron chi connectivity index (χ1n) is 9.92. The third-order valence-corrected chi connectivity index (χ3v) is 4.68. The molecule has 0 aromatic rings. The van der Waals surface area contributed by atoms with Crippen molar-refractivity contribution < 1.29 is 28.8 Å². The second-order valence-electron chi connectivity index (χ2n) is 7.04. The van der Waals surface area contributed by atoms with Crippen LogP contribution in [-0.4, -0.2) is 84.9 Å². The predicted molar refractivity (Wildman–Crippen MR) is 119 cm³/mol. The van der Waals surface area contributed by atoms with E-state index in [4.69, 9.17) is 17.2 Å². The number of aliphatic imine (C=N–C) groups is 1. The number of nitrogens with two attached hydrogens (primary N) is 3. The zero-order chi connectivity index (χ0) is 25.0. The van der Waals surface area contributed by atoms with E-state index in [-0.39, 0.29) is 24.7 Å². The lowest BCUT2D eigenvalue weighted by atomic mass is 10.1. The Morgan fingerprint density at radius 3 is 1.91 bits per heavy atom. The molecule has 1 rings (SSSR count). The molecular formula is C17H29N9O6S. The number of nitrogens with zero attached hydrogens (tertiary/aromatic N) is 1. The summed E-state index contributed by atoms with van der Waals surface area (Å²) in [7, 11) is 0. The SMILES string of the molecule is NC(=O)C[C@@H]1NC(=O)[C@H](CS)NC(=O)CNC(=O)[C@H](CCCN=C(N)N)NC(=O)CNC1=O. The Morgan fingerprint density at radius 2 is 1.39 bits per heavy atom. The van der Waals surface area contributed by atoms with Crippen LogP contribution in [-0.2, 0) is 28.8 Å². The molecule has 16 heteroatoms. The van der Waals surface area contributed by atoms with E-state index in [9.17, 15) is 28.8 Å². The zero-order valence-corrected chi connectivity index (χ0v) is 18.7. The summed E-state index contributed by atoms with van der Waals surface area (Å²) < 4.78 is 0. The van der Waals surface area contributed by atoms with Crippen LogP contribution in [0.4, 0.5) is 0 Å². The number of thiol groups is 1. The molecule has 33 heavy (non-hydrogen) atoms. The number of rotatable bonds is 7. The molecule has 1 aliphatic rings. The molecule has 1 aliphatic heterocycles. The van der Waals surface area contributed by atoms with Gasteiger partial charge in [0.15, 0.2) is 5.96 Å². The van der Waals surface area contributed by atoms with E-state index in [1.165, 1.54) is 0 Å². The van der Waals surface area contributed by atoms with Crippen molar-refractivity contribution in [3.05, 3.63) is 0 Å². The maximum Gasteiger partial charge on any atom is 0.244 e. The molecule has 1 fully saturated rings. The predicted octanol–water partition coefficient (Wildman–Crippen LogP) is -5.45. The molecule has 0 aromatic heterocycles. The average Bonchev–Trinajstić information content (AvgIpc) is 2.74. The number of amides is 6. The van der Waals surface area contributed by atoms with E-state index in [1.54, 1.807) is 0 Å². The third kappa shape index (κ3) is 10.5. The highest BCUT2D eigenvalue weighted by molar-refractivity contribution is 7.80. The Balaban J connectivity index is 3.04. The van der Waals surface area contributed by atoms with Gasteiger partial charge in [-0.2, -0.15) is 12.6 Å². The quantitative estimate of drug-likeness (QED) is 0.0723. The van der Waals surface area contributed by atoms with Crippen molar-refractivity contribution in [1.82, 2.24) is 26.6 Å². The fourth-order valence-corrected chi connectivity index (χ4v) is 2.98. The average molecular weight is 488 g/mol. The number of hydrogen-bond donors (Lipinski definition) is 9. The molecule has 6 amide bonds. The molecule has 1 saturated heterocycles. The molecule has 0 saturated carbocycles. The first-order valence-corrected chi connectivity index (χ1v) is 10.6. The minimum atomic E-state index is -1.39. The molecule has 11 N–H and O–H groups in total. The Kier molecular flexibility index (Phi) is 11.5. The van der Waals surface area contributed by atoms with Crippen LogP contribution in [0.1, 0.15) is 19.3 Å². The summed E-state index contributed by atoms with van der Waals surface area (Å²) in [4.78, 5) is 76.9. The summed E-state index contributed by atoms with van der Waals surface area (Å²) in [5.74, 6) is -4.89. The van der Waals surface area contributed by atoms with Gasteiger partial charge in [0.05, 0.1) is 19.5 Å². The molecule has 1 heterocycles. The van der Waals surface area contributed by atoms with Gasteiger partial charge in [0.1, 0.15) is 18.1 Å². The fourth-order valence-electron chi connectivity index (χ4n) is 2.72. The van der Waals surface area contributed by atoms with Gasteiger partial charge >= 0.3 is 0 Å². The van der Waals surface area contributed by atoms with Crippen molar-refractivity contribution in [2.75, 3.05) is 25.4 Å². The standard InChI is InChI=1S/C17H29N9O6S/c18-11(27)4-9-15(31)23-5-12(28)24-8(2-1-3-21-17(19)20)14(30)22-6-13(29)25-10(7-33)16(32)26-9/h8-10,33H,1-7H2,(H2,18,27)(H,22,30)(H,23,31)(H,24,28)(H,25,29)(H,26,32)(H4,19,20,21)/t8-,9-,10-/m0/s1. The minimum Gasteiger partial charge on any atom is -0.370 e. The summed E-state index contributed by atoms with van der Waals surface area (Å²) in [6, 6.07) is -3.60. The summed E-state index contributed by atoms with van der Waals surface area (Å²) in [6.45, 7) is -0.835. The van der Waals surface area contributed by atoms with Crippen LogP contribution in [0.5, 0.6) is 0 Å². The number of carbonyl (C=O) groups excluding carboxylic acids is 6. The molecule has 0 radical (unpaired) electrons. The molecule has 15 nitrogen and oxygen atoms in total. The Labute approximate surface area is 194 Å². The molecule has 0 aliphatic carbocycles. The van der Waals surface area contributed by atoms with Crippen LogP contribution in [0.3, 0.4) is 0 Å². The van der Waals surface area contributed by atoms with Crippen LogP contribution >= 0.6 is 12.6 Å². The van der Waals surface area contributed by atoms with Crippen LogP contribution in [0.25, 0.3) is 0 Å². The van der Waals surface area contributed by atoms with Crippen molar-refractivity contribution in [3.8, 4) is 0 Å². The highest BCUT2D eigenvalue weighted by Gasteiger charge is 2.29. The van der Waals surface area contributed by atoms with Crippen LogP contribution in [0.2, 0.25) is 0 Å². The topological polar surface area (TPSA) is 253 Å². The van der Waals surface area contributed by atoms with Gasteiger partial charge in [-0.1, -0.05) is 0 Å². The maximum atomic E-state index is 12.5. The first-order chi connectivity index (χ1) is 15.5. The van der Waals surface area contributed by atoms with Gasteiger partial charge in [-0.3, -0.25) is 33.8 Å². The van der Waals surface area contributed by atoms with Crippen molar-refractivity contribution in [3.63, 3.8) is 0 Å². The van der Waals surface area contributed by atoms with Crippen molar-refractivity contribution in [1.29, 1.82) is 0 Å². The van der Waals surface area contributed by atoms with E-state index in [2.05, 4.69) is 44.2 Å². The van der Waals surface area contributed by atoms with Crippen LogP contribution in [0, 0.1) is 0 Å². The van der Waals surface area contributed by atoms with Crippen molar-refractivity contribution in [2.45, 2.75) is 37.4 Å². The lowest BCUT2D eigenvalue weighted by molar-refractivity contribution is -0.133. The zero-order valence-electron chi connectivity index (χ0n) is 17.8. The van der Waals surface area contributed by atoms with Gasteiger partial charge in [0, 0.05) is 12.3 Å². The summed E-state index contributed by atoms with van der Waals surface area (Å²) in [6.07, 6.45) is -0.0803. The molecule has 184 valence electrons. The number of hydrogen-bond acceptors (Lipinski definition) is 8. The van der Waals surface area contributed by atoms with E-state index in [0.717, 1.165) is 0 Å². The molecule has 0 bridgehead atoms. The van der Waals surface area contributed by atoms with Gasteiger partial charge in [-0.15, -0.1) is 0 Å². The number of primary amides is 1. The second kappa shape index (κ2) is 13.8. The van der Waals surface area contributed by atoms with E-state index < -0.39 is 73.1 Å². The minimum absolute atomic E-state index is 0.127. The highest BCUT2D eigenvalue weighted by atomic mass is 32.1. The smallest absolute Gasteiger partial charge is 0.244 e. The van der Waals surface area contributed by atoms with Crippen molar-refractivity contribution in [2.24, 2.45) is 22.2 Å². The second-order valence-corrected chi connectivity index (χ2v) is 7.40. The highest BCUT2D eigenvalue weighted by Crippen LogP contribution is 2.00. The molecule has 0 spiro atoms. The first kappa shape index (κ1) is 27.5. The monoisotopic (exact) mass is 487 g/mol. The van der Waals surface area contributed by atoms with E-state index in [0.29, 0.717) is 6.42 Å². The Bertz CT molecular complexity index is 802. The summed E-state index contributed by atoms with van der Waals surface area (Å²) in [5.41, 5.74) is 15.6. The number of guanidine groups is 1. The molecular weight excluding hydrogens is 458 g/mol. The van der Waals surface area contributed by atoms with Gasteiger partial charge in [0.2, 0.25) is 35.4 Å². The van der Waals surface area contributed by atoms with Gasteiger partial charge in [-0.25, -0.2) is 0 Å². The largest absolute Gasteiger partial charge is 0.370 e. The molecule has 0 aromatic carbocycles. The van der Waals surface area contributed by atoms with Gasteiger partial charge in [0.25, 0.3) is 0 Å². The number of nitrogens with one attached hydrogen (secondary N) is 5. The lowest BCUT2D eigenvalue weighted by Crippen LogP contribution is -2.56. The third-order valence-electron chi connectivity index (χ3n) is 4.32. The van der Waals surface area contributed by atoms with E-state index in [1.807, 2.05) is 0 Å². The summed E-state index contributed by atoms with van der Waals surface area (Å²) >= 11 is 4.00. The fraction of sp³-hybridized carbons (Fsp3) is 0.588. The van der Waals surface area contributed by atoms with Gasteiger partial charge < -0.3 is 43.8 Å².